The van der Waals surface area contributed by atoms with Crippen LogP contribution in [0.3, 0.4) is 0 Å². The van der Waals surface area contributed by atoms with Crippen molar-refractivity contribution in [3.05, 3.63) is 28.3 Å². The van der Waals surface area contributed by atoms with Gasteiger partial charge in [0, 0.05) is 5.56 Å². The zero-order chi connectivity index (χ0) is 10.9. The first-order valence-electron chi connectivity index (χ1n) is 4.52. The average Bonchev–Trinajstić information content (AvgIpc) is 2.19. The quantitative estimate of drug-likeness (QED) is 0.699. The molecule has 0 radical (unpaired) electrons. The van der Waals surface area contributed by atoms with Gasteiger partial charge in [-0.1, -0.05) is 0 Å². The summed E-state index contributed by atoms with van der Waals surface area (Å²) < 4.78 is 0. The minimum absolute atomic E-state index is 0.00446. The molecule has 0 spiro atoms. The van der Waals surface area contributed by atoms with Gasteiger partial charge < -0.3 is 10.8 Å². The van der Waals surface area contributed by atoms with Gasteiger partial charge in [0.25, 0.3) is 0 Å². The maximum Gasteiger partial charge on any atom is 0.176 e. The van der Waals surface area contributed by atoms with E-state index in [1.807, 2.05) is 6.92 Å². The molecule has 0 heterocycles. The third kappa shape index (κ3) is 1.63. The van der Waals surface area contributed by atoms with Gasteiger partial charge in [0.05, 0.1) is 6.54 Å². The lowest BCUT2D eigenvalue weighted by Crippen LogP contribution is -2.15. The van der Waals surface area contributed by atoms with Crippen LogP contribution >= 0.6 is 0 Å². The van der Waals surface area contributed by atoms with Crippen molar-refractivity contribution < 1.29 is 9.90 Å². The fourth-order valence-corrected chi connectivity index (χ4v) is 1.47. The van der Waals surface area contributed by atoms with E-state index in [1.54, 1.807) is 19.9 Å². The second-order valence-electron chi connectivity index (χ2n) is 3.47. The molecule has 0 aliphatic rings. The van der Waals surface area contributed by atoms with E-state index in [4.69, 9.17) is 5.73 Å². The lowest BCUT2D eigenvalue weighted by molar-refractivity contribution is 0.100. The molecule has 0 aromatic heterocycles. The van der Waals surface area contributed by atoms with Crippen molar-refractivity contribution >= 4 is 5.78 Å². The molecule has 1 aromatic rings. The lowest BCUT2D eigenvalue weighted by Gasteiger charge is -2.11. The Labute approximate surface area is 83.6 Å². The SMILES string of the molecule is Cc1cc(C(=O)CN)c(C)c(C)c1O. The normalized spacial score (nSPS) is 10.3. The van der Waals surface area contributed by atoms with Crippen molar-refractivity contribution in [3.8, 4) is 5.75 Å². The van der Waals surface area contributed by atoms with Crippen molar-refractivity contribution in [1.82, 2.24) is 0 Å². The number of carbonyl (C=O) groups excluding carboxylic acids is 1. The van der Waals surface area contributed by atoms with Crippen LogP contribution in [0.1, 0.15) is 27.0 Å². The van der Waals surface area contributed by atoms with E-state index < -0.39 is 0 Å². The Bertz CT molecular complexity index is 383. The van der Waals surface area contributed by atoms with Gasteiger partial charge in [-0.2, -0.15) is 0 Å². The smallest absolute Gasteiger partial charge is 0.176 e. The Morgan fingerprint density at radius 1 is 1.36 bits per heavy atom. The van der Waals surface area contributed by atoms with Crippen molar-refractivity contribution in [3.63, 3.8) is 0 Å². The first-order chi connectivity index (χ1) is 6.49. The first kappa shape index (κ1) is 10.7. The number of benzene rings is 1. The van der Waals surface area contributed by atoms with E-state index in [0.717, 1.165) is 11.1 Å². The maximum atomic E-state index is 11.4. The van der Waals surface area contributed by atoms with Gasteiger partial charge in [-0.25, -0.2) is 0 Å². The van der Waals surface area contributed by atoms with E-state index >= 15 is 0 Å². The number of aryl methyl sites for hydroxylation is 1. The van der Waals surface area contributed by atoms with Crippen molar-refractivity contribution in [2.24, 2.45) is 5.73 Å². The number of hydrogen-bond donors (Lipinski definition) is 2. The summed E-state index contributed by atoms with van der Waals surface area (Å²) in [4.78, 5) is 11.4. The fraction of sp³-hybridized carbons (Fsp3) is 0.364. The van der Waals surface area contributed by atoms with Crippen LogP contribution in [-0.2, 0) is 0 Å². The highest BCUT2D eigenvalue weighted by Crippen LogP contribution is 2.27. The molecule has 0 atom stereocenters. The second kappa shape index (κ2) is 3.80. The summed E-state index contributed by atoms with van der Waals surface area (Å²) in [5.41, 5.74) is 8.18. The molecule has 3 nitrogen and oxygen atoms in total. The van der Waals surface area contributed by atoms with Gasteiger partial charge in [0.15, 0.2) is 5.78 Å². The number of phenols is 1. The number of hydrogen-bond acceptors (Lipinski definition) is 3. The molecule has 3 heteroatoms. The van der Waals surface area contributed by atoms with Crippen LogP contribution in [-0.4, -0.2) is 17.4 Å². The molecular weight excluding hydrogens is 178 g/mol. The molecule has 76 valence electrons. The van der Waals surface area contributed by atoms with E-state index in [1.165, 1.54) is 0 Å². The number of ketones is 1. The third-order valence-corrected chi connectivity index (χ3v) is 2.54. The highest BCUT2D eigenvalue weighted by Gasteiger charge is 2.13. The predicted molar refractivity (Wildman–Crippen MR) is 55.7 cm³/mol. The monoisotopic (exact) mass is 193 g/mol. The number of phenolic OH excluding ortho intramolecular Hbond substituents is 1. The minimum Gasteiger partial charge on any atom is -0.507 e. The summed E-state index contributed by atoms with van der Waals surface area (Å²) in [6, 6.07) is 1.69. The highest BCUT2D eigenvalue weighted by atomic mass is 16.3. The largest absolute Gasteiger partial charge is 0.507 e. The lowest BCUT2D eigenvalue weighted by atomic mass is 9.96. The Hall–Kier alpha value is -1.35. The molecule has 1 aromatic carbocycles. The molecule has 0 saturated carbocycles. The molecule has 0 bridgehead atoms. The first-order valence-corrected chi connectivity index (χ1v) is 4.52. The molecule has 0 unspecified atom stereocenters. The summed E-state index contributed by atoms with van der Waals surface area (Å²) in [7, 11) is 0. The molecule has 14 heavy (non-hydrogen) atoms. The number of Topliss-reactive ketones (excluding diaryl/α,β-unsaturated/α-hetero) is 1. The van der Waals surface area contributed by atoms with Crippen molar-refractivity contribution in [2.45, 2.75) is 20.8 Å². The van der Waals surface area contributed by atoms with E-state index in [-0.39, 0.29) is 18.1 Å². The van der Waals surface area contributed by atoms with E-state index in [0.29, 0.717) is 11.1 Å². The Morgan fingerprint density at radius 2 is 1.93 bits per heavy atom. The van der Waals surface area contributed by atoms with Crippen LogP contribution < -0.4 is 5.73 Å². The topological polar surface area (TPSA) is 63.3 Å². The highest BCUT2D eigenvalue weighted by molar-refractivity contribution is 5.99. The Balaban J connectivity index is 3.40. The van der Waals surface area contributed by atoms with Gasteiger partial charge in [-0.3, -0.25) is 4.79 Å². The molecule has 0 amide bonds. The predicted octanol–water partition coefficient (Wildman–Crippen LogP) is 1.46. The minimum atomic E-state index is -0.0892. The number of nitrogens with two attached hydrogens (primary N) is 1. The molecule has 0 aliphatic carbocycles. The Kier molecular flexibility index (Phi) is 2.91. The van der Waals surface area contributed by atoms with Crippen LogP contribution in [0.15, 0.2) is 6.07 Å². The van der Waals surface area contributed by atoms with E-state index in [9.17, 15) is 9.90 Å². The molecule has 0 aliphatic heterocycles. The third-order valence-electron chi connectivity index (χ3n) is 2.54. The summed E-state index contributed by atoms with van der Waals surface area (Å²) in [6.45, 7) is 5.39. The van der Waals surface area contributed by atoms with Crippen LogP contribution in [0.4, 0.5) is 0 Å². The van der Waals surface area contributed by atoms with Crippen molar-refractivity contribution in [1.29, 1.82) is 0 Å². The van der Waals surface area contributed by atoms with Crippen LogP contribution in [0.5, 0.6) is 5.75 Å². The van der Waals surface area contributed by atoms with Gasteiger partial charge in [-0.15, -0.1) is 0 Å². The summed E-state index contributed by atoms with van der Waals surface area (Å²) in [5, 5.41) is 9.62. The number of carbonyl (C=O) groups is 1. The Morgan fingerprint density at radius 3 is 2.43 bits per heavy atom. The van der Waals surface area contributed by atoms with Gasteiger partial charge in [0.1, 0.15) is 5.75 Å². The number of aromatic hydroxyl groups is 1. The van der Waals surface area contributed by atoms with Crippen LogP contribution in [0.2, 0.25) is 0 Å². The van der Waals surface area contributed by atoms with Crippen molar-refractivity contribution in [2.75, 3.05) is 6.54 Å². The summed E-state index contributed by atoms with van der Waals surface area (Å²) in [6.07, 6.45) is 0. The summed E-state index contributed by atoms with van der Waals surface area (Å²) in [5.74, 6) is 0.171. The zero-order valence-corrected chi connectivity index (χ0v) is 8.72. The van der Waals surface area contributed by atoms with Gasteiger partial charge >= 0.3 is 0 Å². The fourth-order valence-electron chi connectivity index (χ4n) is 1.47. The standard InChI is InChI=1S/C11H15NO2/c1-6-4-9(10(13)5-12)7(2)8(3)11(6)14/h4,14H,5,12H2,1-3H3. The van der Waals surface area contributed by atoms with Gasteiger partial charge in [-0.05, 0) is 43.5 Å². The molecular formula is C11H15NO2. The molecule has 0 fully saturated rings. The zero-order valence-electron chi connectivity index (χ0n) is 8.72. The molecule has 1 rings (SSSR count). The average molecular weight is 193 g/mol. The van der Waals surface area contributed by atoms with E-state index in [2.05, 4.69) is 0 Å². The number of rotatable bonds is 2. The van der Waals surface area contributed by atoms with Crippen LogP contribution in [0.25, 0.3) is 0 Å². The van der Waals surface area contributed by atoms with Crippen LogP contribution in [0, 0.1) is 20.8 Å². The van der Waals surface area contributed by atoms with Gasteiger partial charge in [0.2, 0.25) is 0 Å². The molecule has 0 saturated heterocycles. The molecule has 3 N–H and O–H groups in total. The maximum absolute atomic E-state index is 11.4. The second-order valence-corrected chi connectivity index (χ2v) is 3.47. The summed E-state index contributed by atoms with van der Waals surface area (Å²) >= 11 is 0.